The van der Waals surface area contributed by atoms with Crippen molar-refractivity contribution in [2.45, 2.75) is 38.8 Å². The summed E-state index contributed by atoms with van der Waals surface area (Å²) >= 11 is 0. The molecule has 2 rings (SSSR count). The molecule has 166 valence electrons. The second kappa shape index (κ2) is 14.2. The van der Waals surface area contributed by atoms with E-state index in [0.717, 1.165) is 58.3 Å². The molecule has 1 fully saturated rings. The zero-order chi connectivity index (χ0) is 20.2. The number of likely N-dealkylation sites (N-methyl/N-ethyl adjacent to an activating group) is 1. The van der Waals surface area contributed by atoms with Crippen LogP contribution in [0.3, 0.4) is 0 Å². The summed E-state index contributed by atoms with van der Waals surface area (Å²) in [6, 6.07) is 10.3. The number of nitrogens with one attached hydrogen (secondary N) is 2. The van der Waals surface area contributed by atoms with Gasteiger partial charge in [-0.1, -0.05) is 37.3 Å². The molecule has 6 nitrogen and oxygen atoms in total. The Morgan fingerprint density at radius 1 is 1.21 bits per heavy atom. The first kappa shape index (κ1) is 26.1. The van der Waals surface area contributed by atoms with Crippen molar-refractivity contribution in [3.05, 3.63) is 35.9 Å². The molecule has 0 saturated carbocycles. The second-order valence-electron chi connectivity index (χ2n) is 7.91. The van der Waals surface area contributed by atoms with Crippen molar-refractivity contribution in [2.75, 3.05) is 53.6 Å². The number of nitrogens with zero attached hydrogens (tertiary/aromatic N) is 2. The van der Waals surface area contributed by atoms with Crippen molar-refractivity contribution < 1.29 is 9.47 Å². The molecule has 2 N–H and O–H groups in total. The lowest BCUT2D eigenvalue weighted by Gasteiger charge is -2.41. The molecule has 0 radical (unpaired) electrons. The Bertz CT molecular complexity index is 577. The molecule has 1 aliphatic rings. The Kier molecular flexibility index (Phi) is 12.8. The number of ether oxygens (including phenoxy) is 2. The Morgan fingerprint density at radius 2 is 1.90 bits per heavy atom. The van der Waals surface area contributed by atoms with Gasteiger partial charge in [-0.05, 0) is 45.3 Å². The molecule has 1 unspecified atom stereocenters. The number of hydrogen-bond donors (Lipinski definition) is 2. The van der Waals surface area contributed by atoms with E-state index in [4.69, 9.17) is 14.5 Å². The van der Waals surface area contributed by atoms with Gasteiger partial charge >= 0.3 is 0 Å². The molecule has 1 aliphatic heterocycles. The van der Waals surface area contributed by atoms with Crippen LogP contribution in [0.1, 0.15) is 32.3 Å². The molecule has 0 amide bonds. The number of hydrogen-bond acceptors (Lipinski definition) is 4. The number of guanidine groups is 1. The molecule has 7 heteroatoms. The third-order valence-corrected chi connectivity index (χ3v) is 5.38. The zero-order valence-electron chi connectivity index (χ0n) is 18.4. The third-order valence-electron chi connectivity index (χ3n) is 5.38. The van der Waals surface area contributed by atoms with Crippen LogP contribution in [0.4, 0.5) is 0 Å². The number of benzene rings is 1. The first-order chi connectivity index (χ1) is 13.6. The first-order valence-corrected chi connectivity index (χ1v) is 10.4. The van der Waals surface area contributed by atoms with E-state index in [2.05, 4.69) is 55.6 Å². The lowest BCUT2D eigenvalue weighted by molar-refractivity contribution is -0.00255. The van der Waals surface area contributed by atoms with Gasteiger partial charge in [0.1, 0.15) is 0 Å². The normalized spacial score (nSPS) is 17.5. The third kappa shape index (κ3) is 9.19. The Balaban J connectivity index is 0.00000420. The van der Waals surface area contributed by atoms with Gasteiger partial charge in [-0.3, -0.25) is 4.99 Å². The van der Waals surface area contributed by atoms with Gasteiger partial charge in [-0.15, -0.1) is 24.0 Å². The van der Waals surface area contributed by atoms with Crippen molar-refractivity contribution in [1.29, 1.82) is 0 Å². The van der Waals surface area contributed by atoms with Crippen molar-refractivity contribution >= 4 is 29.9 Å². The Hall–Kier alpha value is -0.900. The van der Waals surface area contributed by atoms with Crippen LogP contribution in [0.5, 0.6) is 0 Å². The molecule has 1 heterocycles. The molecule has 0 spiro atoms. The van der Waals surface area contributed by atoms with E-state index in [1.807, 2.05) is 18.2 Å². The molecule has 1 aromatic rings. The minimum atomic E-state index is 0. The van der Waals surface area contributed by atoms with Gasteiger partial charge in [0.2, 0.25) is 0 Å². The summed E-state index contributed by atoms with van der Waals surface area (Å²) in [5.41, 5.74) is 1.30. The van der Waals surface area contributed by atoms with E-state index in [1.165, 1.54) is 5.56 Å². The molecule has 1 saturated heterocycles. The highest BCUT2D eigenvalue weighted by Gasteiger charge is 2.34. The average Bonchev–Trinajstić information content (AvgIpc) is 2.71. The van der Waals surface area contributed by atoms with E-state index in [9.17, 15) is 0 Å². The van der Waals surface area contributed by atoms with Gasteiger partial charge in [0, 0.05) is 31.8 Å². The maximum absolute atomic E-state index is 5.86. The lowest BCUT2D eigenvalue weighted by Crippen LogP contribution is -2.52. The minimum Gasteiger partial charge on any atom is -0.381 e. The van der Waals surface area contributed by atoms with Crippen LogP contribution in [0.25, 0.3) is 0 Å². The van der Waals surface area contributed by atoms with Gasteiger partial charge in [-0.2, -0.15) is 0 Å². The molecule has 1 atom stereocenters. The summed E-state index contributed by atoms with van der Waals surface area (Å²) in [6.07, 6.45) is 2.04. The van der Waals surface area contributed by atoms with Crippen LogP contribution in [0, 0.1) is 5.92 Å². The molecule has 0 bridgehead atoms. The Labute approximate surface area is 193 Å². The zero-order valence-corrected chi connectivity index (χ0v) is 20.8. The molecular weight excluding hydrogens is 479 g/mol. The van der Waals surface area contributed by atoms with E-state index in [-0.39, 0.29) is 29.5 Å². The summed E-state index contributed by atoms with van der Waals surface area (Å²) in [4.78, 5) is 7.19. The van der Waals surface area contributed by atoms with Gasteiger partial charge in [0.05, 0.1) is 19.8 Å². The molecule has 0 aliphatic carbocycles. The number of rotatable bonds is 10. The number of halogens is 1. The van der Waals surface area contributed by atoms with Gasteiger partial charge in [0.15, 0.2) is 5.96 Å². The summed E-state index contributed by atoms with van der Waals surface area (Å²) in [6.45, 7) is 9.76. The predicted molar refractivity (Wildman–Crippen MR) is 131 cm³/mol. The second-order valence-corrected chi connectivity index (χ2v) is 7.91. The molecule has 1 aromatic carbocycles. The van der Waals surface area contributed by atoms with Crippen LogP contribution in [0.2, 0.25) is 0 Å². The fourth-order valence-electron chi connectivity index (χ4n) is 3.35. The van der Waals surface area contributed by atoms with E-state index < -0.39 is 0 Å². The van der Waals surface area contributed by atoms with E-state index >= 15 is 0 Å². The smallest absolute Gasteiger partial charge is 0.191 e. The highest BCUT2D eigenvalue weighted by atomic mass is 127. The van der Waals surface area contributed by atoms with Crippen molar-refractivity contribution in [3.8, 4) is 0 Å². The predicted octanol–water partition coefficient (Wildman–Crippen LogP) is 3.12. The summed E-state index contributed by atoms with van der Waals surface area (Å²) < 4.78 is 11.4. The van der Waals surface area contributed by atoms with Crippen LogP contribution >= 0.6 is 24.0 Å². The molecule has 29 heavy (non-hydrogen) atoms. The highest BCUT2D eigenvalue weighted by Crippen LogP contribution is 2.26. The first-order valence-electron chi connectivity index (χ1n) is 10.4. The van der Waals surface area contributed by atoms with E-state index in [1.54, 1.807) is 0 Å². The SMILES string of the molecule is CCNC(=NCC1(N(C)C)CCOCC1)NCC(C)COCc1ccccc1.I. The quantitative estimate of drug-likeness (QED) is 0.283. The van der Waals surface area contributed by atoms with Crippen LogP contribution in [-0.4, -0.2) is 69.9 Å². The Morgan fingerprint density at radius 3 is 2.52 bits per heavy atom. The average molecular weight is 518 g/mol. The van der Waals surface area contributed by atoms with Crippen LogP contribution in [0.15, 0.2) is 35.3 Å². The summed E-state index contributed by atoms with van der Waals surface area (Å²) in [7, 11) is 4.29. The van der Waals surface area contributed by atoms with Crippen molar-refractivity contribution in [2.24, 2.45) is 10.9 Å². The fourth-order valence-corrected chi connectivity index (χ4v) is 3.35. The molecule has 0 aromatic heterocycles. The monoisotopic (exact) mass is 518 g/mol. The maximum atomic E-state index is 5.86. The standard InChI is InChI=1S/C22H38N4O2.HI/c1-5-23-21(25-18-22(26(3)4)11-13-27-14-12-22)24-15-19(2)16-28-17-20-9-7-6-8-10-20;/h6-10,19H,5,11-18H2,1-4H3,(H2,23,24,25);1H. The van der Waals surface area contributed by atoms with Crippen LogP contribution < -0.4 is 10.6 Å². The maximum Gasteiger partial charge on any atom is 0.191 e. The largest absolute Gasteiger partial charge is 0.381 e. The lowest BCUT2D eigenvalue weighted by atomic mass is 9.89. The van der Waals surface area contributed by atoms with Crippen LogP contribution in [-0.2, 0) is 16.1 Å². The van der Waals surface area contributed by atoms with Gasteiger partial charge in [0.25, 0.3) is 0 Å². The summed E-state index contributed by atoms with van der Waals surface area (Å²) in [5.74, 6) is 1.28. The van der Waals surface area contributed by atoms with Gasteiger partial charge in [-0.25, -0.2) is 0 Å². The summed E-state index contributed by atoms with van der Waals surface area (Å²) in [5, 5.41) is 6.84. The fraction of sp³-hybridized carbons (Fsp3) is 0.682. The topological polar surface area (TPSA) is 58.1 Å². The van der Waals surface area contributed by atoms with E-state index in [0.29, 0.717) is 12.5 Å². The number of aliphatic imine (C=N–C) groups is 1. The highest BCUT2D eigenvalue weighted by molar-refractivity contribution is 14.0. The van der Waals surface area contributed by atoms with Gasteiger partial charge < -0.3 is 25.0 Å². The van der Waals surface area contributed by atoms with Crippen molar-refractivity contribution in [1.82, 2.24) is 15.5 Å². The molecular formula is C22H39IN4O2. The van der Waals surface area contributed by atoms with Crippen molar-refractivity contribution in [3.63, 3.8) is 0 Å². The minimum absolute atomic E-state index is 0.